The normalized spacial score (nSPS) is 40.3. The maximum Gasteiger partial charge on any atom is 0.142 e. The number of hydrogen-bond acceptors (Lipinski definition) is 3. The molecule has 0 N–H and O–H groups in total. The lowest BCUT2D eigenvalue weighted by molar-refractivity contribution is -0.306. The first-order chi connectivity index (χ1) is 7.30. The van der Waals surface area contributed by atoms with Crippen molar-refractivity contribution >= 4 is 11.8 Å². The zero-order valence-electron chi connectivity index (χ0n) is 10.2. The van der Waals surface area contributed by atoms with Gasteiger partial charge >= 0.3 is 0 Å². The highest BCUT2D eigenvalue weighted by atomic mass is 16.4. The molecule has 0 aliphatic heterocycles. The van der Waals surface area contributed by atoms with Crippen LogP contribution in [-0.4, -0.2) is 11.8 Å². The van der Waals surface area contributed by atoms with Crippen molar-refractivity contribution in [2.24, 2.45) is 22.7 Å². The topological polar surface area (TPSA) is 57.2 Å². The van der Waals surface area contributed by atoms with Crippen molar-refractivity contribution in [2.45, 2.75) is 46.5 Å². The van der Waals surface area contributed by atoms with Crippen molar-refractivity contribution in [3.05, 3.63) is 0 Å². The third-order valence-electron chi connectivity index (χ3n) is 5.33. The third-order valence-corrected chi connectivity index (χ3v) is 5.33. The first kappa shape index (κ1) is 11.6. The van der Waals surface area contributed by atoms with Crippen LogP contribution in [0.3, 0.4) is 0 Å². The van der Waals surface area contributed by atoms with Crippen molar-refractivity contribution in [1.29, 1.82) is 0 Å². The summed E-state index contributed by atoms with van der Waals surface area (Å²) in [6.07, 6.45) is 2.50. The van der Waals surface area contributed by atoms with E-state index >= 15 is 0 Å². The molecule has 2 fully saturated rings. The van der Waals surface area contributed by atoms with Crippen LogP contribution in [-0.2, 0) is 9.59 Å². The minimum Gasteiger partial charge on any atom is -0.550 e. The summed E-state index contributed by atoms with van der Waals surface area (Å²) in [6.45, 7) is 6.36. The Bertz CT molecular complexity index is 345. The van der Waals surface area contributed by atoms with E-state index in [4.69, 9.17) is 0 Å². The number of hydrogen-bond donors (Lipinski definition) is 0. The summed E-state index contributed by atoms with van der Waals surface area (Å²) in [6, 6.07) is 0. The maximum absolute atomic E-state index is 12.3. The third kappa shape index (κ3) is 1.26. The van der Waals surface area contributed by atoms with E-state index in [0.29, 0.717) is 12.3 Å². The number of ketones is 1. The highest BCUT2D eigenvalue weighted by molar-refractivity contribution is 5.91. The quantitative estimate of drug-likeness (QED) is 0.721. The van der Waals surface area contributed by atoms with Crippen LogP contribution in [0.4, 0.5) is 0 Å². The summed E-state index contributed by atoms with van der Waals surface area (Å²) >= 11 is 0. The number of carbonyl (C=O) groups excluding carboxylic acids is 2. The van der Waals surface area contributed by atoms with E-state index in [0.717, 1.165) is 12.8 Å². The largest absolute Gasteiger partial charge is 0.550 e. The summed E-state index contributed by atoms with van der Waals surface area (Å²) in [5.41, 5.74) is -0.199. The minimum absolute atomic E-state index is 0.0130. The van der Waals surface area contributed by atoms with Gasteiger partial charge in [-0.15, -0.1) is 0 Å². The Morgan fingerprint density at radius 3 is 2.50 bits per heavy atom. The van der Waals surface area contributed by atoms with Gasteiger partial charge in [-0.25, -0.2) is 0 Å². The Labute approximate surface area is 96.2 Å². The van der Waals surface area contributed by atoms with E-state index in [1.807, 2.05) is 6.92 Å². The van der Waals surface area contributed by atoms with Gasteiger partial charge in [0.25, 0.3) is 0 Å². The number of carboxylic acids is 1. The van der Waals surface area contributed by atoms with Gasteiger partial charge < -0.3 is 9.90 Å². The van der Waals surface area contributed by atoms with Crippen LogP contribution in [0.15, 0.2) is 0 Å². The monoisotopic (exact) mass is 223 g/mol. The van der Waals surface area contributed by atoms with Gasteiger partial charge in [0, 0.05) is 17.3 Å². The van der Waals surface area contributed by atoms with Crippen LogP contribution >= 0.6 is 0 Å². The van der Waals surface area contributed by atoms with Crippen LogP contribution in [0.25, 0.3) is 0 Å². The highest BCUT2D eigenvalue weighted by Gasteiger charge is 2.65. The molecule has 0 spiro atoms. The standard InChI is InChI=1S/C13H20O3/c1-12(2)9-6-7-13(12,3)11(16)8(9)4-5-10(14)15/h8-9H,4-7H2,1-3H3,(H,14,15)/p-1/t8-,9+,13+/m1/s1. The molecular formula is C13H19O3-. The van der Waals surface area contributed by atoms with Gasteiger partial charge in [0.2, 0.25) is 0 Å². The molecule has 0 aromatic carbocycles. The van der Waals surface area contributed by atoms with Crippen molar-refractivity contribution in [2.75, 3.05) is 0 Å². The molecule has 16 heavy (non-hydrogen) atoms. The summed E-state index contributed by atoms with van der Waals surface area (Å²) in [5.74, 6) is -0.440. The number of aliphatic carboxylic acids is 1. The lowest BCUT2D eigenvalue weighted by Gasteiger charge is -2.32. The van der Waals surface area contributed by atoms with Gasteiger partial charge in [-0.1, -0.05) is 20.8 Å². The molecule has 0 saturated heterocycles. The van der Waals surface area contributed by atoms with E-state index in [1.165, 1.54) is 0 Å². The van der Waals surface area contributed by atoms with Crippen molar-refractivity contribution in [1.82, 2.24) is 0 Å². The van der Waals surface area contributed by atoms with Crippen molar-refractivity contribution in [3.63, 3.8) is 0 Å². The fourth-order valence-electron chi connectivity index (χ4n) is 3.88. The lowest BCUT2D eigenvalue weighted by Crippen LogP contribution is -2.33. The predicted octanol–water partition coefficient (Wildman–Crippen LogP) is 1.16. The van der Waals surface area contributed by atoms with E-state index in [9.17, 15) is 14.7 Å². The molecule has 2 rings (SSSR count). The maximum atomic E-state index is 12.3. The molecule has 0 aromatic heterocycles. The van der Waals surface area contributed by atoms with Crippen molar-refractivity contribution in [3.8, 4) is 0 Å². The predicted molar refractivity (Wildman–Crippen MR) is 57.4 cm³/mol. The number of rotatable bonds is 3. The highest BCUT2D eigenvalue weighted by Crippen LogP contribution is 2.66. The second-order valence-corrected chi connectivity index (χ2v) is 6.08. The Morgan fingerprint density at radius 2 is 2.06 bits per heavy atom. The van der Waals surface area contributed by atoms with Crippen LogP contribution in [0.2, 0.25) is 0 Å². The number of carbonyl (C=O) groups is 2. The molecule has 3 atom stereocenters. The summed E-state index contributed by atoms with van der Waals surface area (Å²) in [4.78, 5) is 22.8. The van der Waals surface area contributed by atoms with Crippen LogP contribution in [0, 0.1) is 22.7 Å². The minimum atomic E-state index is -1.04. The molecular weight excluding hydrogens is 204 g/mol. The lowest BCUT2D eigenvalue weighted by atomic mass is 9.70. The van der Waals surface area contributed by atoms with Gasteiger partial charge in [0.05, 0.1) is 0 Å². The summed E-state index contributed by atoms with van der Waals surface area (Å²) in [7, 11) is 0. The van der Waals surface area contributed by atoms with Gasteiger partial charge in [-0.05, 0) is 37.0 Å². The Morgan fingerprint density at radius 1 is 1.44 bits per heavy atom. The van der Waals surface area contributed by atoms with Crippen molar-refractivity contribution < 1.29 is 14.7 Å². The zero-order chi connectivity index (χ0) is 12.1. The molecule has 2 aliphatic rings. The molecule has 0 amide bonds. The molecule has 90 valence electrons. The van der Waals surface area contributed by atoms with E-state index in [-0.39, 0.29) is 29.0 Å². The molecule has 0 heterocycles. The first-order valence-electron chi connectivity index (χ1n) is 6.05. The average molecular weight is 223 g/mol. The first-order valence-corrected chi connectivity index (χ1v) is 6.05. The Hall–Kier alpha value is -0.860. The summed E-state index contributed by atoms with van der Waals surface area (Å²) in [5, 5.41) is 10.5. The smallest absolute Gasteiger partial charge is 0.142 e. The SMILES string of the molecule is CC1(C)[C@H]2CC[C@@]1(C)C(=O)[C@@H]2CCC(=O)[O-]. The molecule has 2 saturated carbocycles. The van der Waals surface area contributed by atoms with Crippen LogP contribution in [0.1, 0.15) is 46.5 Å². The Kier molecular flexibility index (Phi) is 2.41. The van der Waals surface area contributed by atoms with E-state index in [2.05, 4.69) is 13.8 Å². The molecule has 2 aliphatic carbocycles. The average Bonchev–Trinajstić information content (AvgIpc) is 2.47. The van der Waals surface area contributed by atoms with Gasteiger partial charge in [0.1, 0.15) is 5.78 Å². The zero-order valence-corrected chi connectivity index (χ0v) is 10.2. The van der Waals surface area contributed by atoms with Gasteiger partial charge in [-0.2, -0.15) is 0 Å². The molecule has 0 aromatic rings. The molecule has 3 heteroatoms. The van der Waals surface area contributed by atoms with E-state index < -0.39 is 5.97 Å². The second kappa shape index (κ2) is 3.31. The fourth-order valence-corrected chi connectivity index (χ4v) is 3.88. The molecule has 2 bridgehead atoms. The van der Waals surface area contributed by atoms with Gasteiger partial charge in [0.15, 0.2) is 0 Å². The number of carboxylic acid groups (broad SMARTS) is 1. The van der Waals surface area contributed by atoms with Crippen LogP contribution < -0.4 is 5.11 Å². The molecule has 3 nitrogen and oxygen atoms in total. The van der Waals surface area contributed by atoms with Gasteiger partial charge in [-0.3, -0.25) is 4.79 Å². The second-order valence-electron chi connectivity index (χ2n) is 6.08. The molecule has 0 radical (unpaired) electrons. The van der Waals surface area contributed by atoms with Crippen LogP contribution in [0.5, 0.6) is 0 Å². The Balaban J connectivity index is 2.20. The summed E-state index contributed by atoms with van der Waals surface area (Å²) < 4.78 is 0. The fraction of sp³-hybridized carbons (Fsp3) is 0.846. The molecule has 0 unspecified atom stereocenters. The number of Topliss-reactive ketones (excluding diaryl/α,β-unsaturated/α-hetero) is 1. The van der Waals surface area contributed by atoms with E-state index in [1.54, 1.807) is 0 Å². The number of fused-ring (bicyclic) bond motifs is 2.